The molecule has 4 aliphatic rings. The maximum atomic E-state index is 14.1. The third-order valence-corrected chi connectivity index (χ3v) is 10.4. The van der Waals surface area contributed by atoms with Gasteiger partial charge in [0.25, 0.3) is 0 Å². The lowest BCUT2D eigenvalue weighted by molar-refractivity contribution is -0.143. The number of aromatic hydroxyl groups is 1. The zero-order valence-electron chi connectivity index (χ0n) is 24.5. The van der Waals surface area contributed by atoms with E-state index in [0.717, 1.165) is 11.1 Å². The lowest BCUT2D eigenvalue weighted by Crippen LogP contribution is -2.55. The molecule has 2 fully saturated rings. The minimum Gasteiger partial charge on any atom is -0.507 e. The molecular weight excluding hydrogens is 522 g/mol. The molecule has 1 aromatic carbocycles. The predicted molar refractivity (Wildman–Crippen MR) is 151 cm³/mol. The fourth-order valence-electron chi connectivity index (χ4n) is 8.12. The number of nitrogens with zero attached hydrogens (tertiary/aromatic N) is 1. The van der Waals surface area contributed by atoms with Crippen molar-refractivity contribution in [2.45, 2.75) is 79.1 Å². The summed E-state index contributed by atoms with van der Waals surface area (Å²) in [6.45, 7) is 9.17. The summed E-state index contributed by atoms with van der Waals surface area (Å²) in [5.74, 6) is -3.81. The van der Waals surface area contributed by atoms with E-state index in [-0.39, 0.29) is 48.0 Å². The zero-order chi connectivity index (χ0) is 30.0. The Bertz CT molecular complexity index is 1410. The number of imide groups is 1. The van der Waals surface area contributed by atoms with Crippen LogP contribution in [0.25, 0.3) is 0 Å². The third kappa shape index (κ3) is 4.37. The molecule has 8 heteroatoms. The fraction of sp³-hybridized carbons (Fsp3) is 0.545. The van der Waals surface area contributed by atoms with Crippen molar-refractivity contribution in [2.24, 2.45) is 29.1 Å². The molecule has 1 aliphatic heterocycles. The van der Waals surface area contributed by atoms with E-state index in [2.05, 4.69) is 0 Å². The number of unbranched alkanes of at least 4 members (excludes halogenated alkanes) is 2. The number of allylic oxidation sites excluding steroid dienone is 4. The normalized spacial score (nSPS) is 31.2. The highest BCUT2D eigenvalue weighted by molar-refractivity contribution is 6.16. The van der Waals surface area contributed by atoms with Gasteiger partial charge >= 0.3 is 5.97 Å². The van der Waals surface area contributed by atoms with Crippen LogP contribution in [0.1, 0.15) is 81.9 Å². The molecule has 6 atom stereocenters. The molecule has 1 aromatic rings. The largest absolute Gasteiger partial charge is 0.507 e. The Morgan fingerprint density at radius 3 is 2.24 bits per heavy atom. The fourth-order valence-corrected chi connectivity index (χ4v) is 8.12. The molecule has 218 valence electrons. The number of carbonyl (C=O) groups is 5. The van der Waals surface area contributed by atoms with Crippen LogP contribution >= 0.6 is 0 Å². The van der Waals surface area contributed by atoms with Crippen LogP contribution in [0.4, 0.5) is 0 Å². The van der Waals surface area contributed by atoms with Crippen LogP contribution in [0.5, 0.6) is 5.75 Å². The number of rotatable bonds is 7. The topological polar surface area (TPSA) is 129 Å². The van der Waals surface area contributed by atoms with Crippen LogP contribution in [-0.4, -0.2) is 51.0 Å². The van der Waals surface area contributed by atoms with Crippen LogP contribution in [0.3, 0.4) is 0 Å². The Balaban J connectivity index is 1.56. The number of fused-ring (bicyclic) bond motifs is 4. The molecule has 0 spiro atoms. The van der Waals surface area contributed by atoms with Crippen molar-refractivity contribution < 1.29 is 34.2 Å². The summed E-state index contributed by atoms with van der Waals surface area (Å²) in [5, 5.41) is 19.4. The van der Waals surface area contributed by atoms with Gasteiger partial charge < -0.3 is 10.2 Å². The molecule has 1 heterocycles. The van der Waals surface area contributed by atoms with Crippen molar-refractivity contribution in [2.75, 3.05) is 6.54 Å². The predicted octanol–water partition coefficient (Wildman–Crippen LogP) is 4.80. The number of benzene rings is 1. The van der Waals surface area contributed by atoms with E-state index < -0.39 is 35.1 Å². The molecule has 1 saturated carbocycles. The van der Waals surface area contributed by atoms with Gasteiger partial charge in [-0.3, -0.25) is 28.9 Å². The summed E-state index contributed by atoms with van der Waals surface area (Å²) < 4.78 is 0. The van der Waals surface area contributed by atoms with Gasteiger partial charge in [0.1, 0.15) is 5.75 Å². The highest BCUT2D eigenvalue weighted by atomic mass is 16.4. The van der Waals surface area contributed by atoms with E-state index in [1.165, 1.54) is 4.90 Å². The molecule has 0 radical (unpaired) electrons. The zero-order valence-corrected chi connectivity index (χ0v) is 24.5. The molecule has 0 aromatic heterocycles. The molecule has 2 N–H and O–H groups in total. The van der Waals surface area contributed by atoms with Crippen LogP contribution in [0.2, 0.25) is 0 Å². The number of ketones is 2. The molecule has 8 nitrogen and oxygen atoms in total. The third-order valence-electron chi connectivity index (χ3n) is 10.4. The minimum absolute atomic E-state index is 0.0559. The number of phenols is 1. The van der Waals surface area contributed by atoms with Gasteiger partial charge in [0.2, 0.25) is 11.8 Å². The molecule has 0 unspecified atom stereocenters. The first-order valence-electron chi connectivity index (χ1n) is 14.6. The first-order valence-corrected chi connectivity index (χ1v) is 14.6. The number of carbonyl (C=O) groups excluding carboxylic acids is 4. The average Bonchev–Trinajstić information content (AvgIpc) is 3.17. The van der Waals surface area contributed by atoms with E-state index in [4.69, 9.17) is 5.11 Å². The van der Waals surface area contributed by atoms with Gasteiger partial charge in [-0.25, -0.2) is 0 Å². The number of Topliss-reactive ketones (excluding diaryl/α,β-unsaturated/α-hetero) is 2. The lowest BCUT2D eigenvalue weighted by atomic mass is 9.46. The summed E-state index contributed by atoms with van der Waals surface area (Å²) in [6.07, 6.45) is 4.45. The highest BCUT2D eigenvalue weighted by Crippen LogP contribution is 2.63. The maximum Gasteiger partial charge on any atom is 0.303 e. The summed E-state index contributed by atoms with van der Waals surface area (Å²) in [5.41, 5.74) is 3.01. The van der Waals surface area contributed by atoms with Crippen molar-refractivity contribution in [3.05, 3.63) is 51.6 Å². The molecule has 1 saturated heterocycles. The summed E-state index contributed by atoms with van der Waals surface area (Å²) in [6, 6.07) is 3.77. The smallest absolute Gasteiger partial charge is 0.303 e. The van der Waals surface area contributed by atoms with Gasteiger partial charge in [-0.15, -0.1) is 0 Å². The SMILES string of the molecule is CC1=C(C)C(=O)[C@@]2(C)[C@@H](c3cc(C)c(O)c(C)c3)C3=CC[C@@H]4C(=O)N(CCCCCC(=O)O)C(=O)[C@@H]4[C@@H]3C[C@H]2C1=O. The van der Waals surface area contributed by atoms with Gasteiger partial charge in [-0.1, -0.05) is 37.1 Å². The second-order valence-electron chi connectivity index (χ2n) is 12.7. The van der Waals surface area contributed by atoms with E-state index in [0.29, 0.717) is 54.4 Å². The van der Waals surface area contributed by atoms with Crippen LogP contribution in [-0.2, 0) is 24.0 Å². The summed E-state index contributed by atoms with van der Waals surface area (Å²) in [7, 11) is 0. The Labute approximate surface area is 240 Å². The molecule has 2 amide bonds. The maximum absolute atomic E-state index is 14.1. The second-order valence-corrected chi connectivity index (χ2v) is 12.7. The van der Waals surface area contributed by atoms with Crippen LogP contribution in [0.15, 0.2) is 34.9 Å². The van der Waals surface area contributed by atoms with Crippen molar-refractivity contribution in [1.82, 2.24) is 4.90 Å². The molecule has 41 heavy (non-hydrogen) atoms. The quantitative estimate of drug-likeness (QED) is 0.278. The lowest BCUT2D eigenvalue weighted by Gasteiger charge is -2.54. The number of likely N-dealkylation sites (tertiary alicyclic amines) is 1. The highest BCUT2D eigenvalue weighted by Gasteiger charge is 2.63. The van der Waals surface area contributed by atoms with Crippen molar-refractivity contribution in [1.29, 1.82) is 0 Å². The van der Waals surface area contributed by atoms with Crippen LogP contribution in [0, 0.1) is 42.9 Å². The van der Waals surface area contributed by atoms with E-state index >= 15 is 0 Å². The average molecular weight is 562 g/mol. The number of phenolic OH excluding ortho intramolecular Hbond substituents is 1. The molecule has 0 bridgehead atoms. The standard InChI is InChI=1S/C33H39NO7/c1-16-13-20(14-17(2)28(16)37)27-21-10-11-22-26(32(41)34(31(22)40)12-8-6-7-9-25(35)36)23(21)15-24-29(38)18(3)19(4)30(39)33(24,27)5/h10,13-14,22-24,26-27,37H,6-9,11-12,15H2,1-5H3,(H,35,36)/t22-,23+,24-,26-,27-,33+/m0/s1. The van der Waals surface area contributed by atoms with Crippen molar-refractivity contribution >= 4 is 29.4 Å². The van der Waals surface area contributed by atoms with E-state index in [9.17, 15) is 29.1 Å². The van der Waals surface area contributed by atoms with Crippen molar-refractivity contribution in [3.8, 4) is 5.75 Å². The summed E-state index contributed by atoms with van der Waals surface area (Å²) >= 11 is 0. The Morgan fingerprint density at radius 2 is 1.61 bits per heavy atom. The van der Waals surface area contributed by atoms with Gasteiger partial charge in [-0.2, -0.15) is 0 Å². The molecule has 3 aliphatic carbocycles. The van der Waals surface area contributed by atoms with Gasteiger partial charge in [-0.05, 0) is 87.1 Å². The van der Waals surface area contributed by atoms with E-state index in [1.54, 1.807) is 13.8 Å². The minimum atomic E-state index is -1.05. The first kappa shape index (κ1) is 29.0. The van der Waals surface area contributed by atoms with Crippen molar-refractivity contribution in [3.63, 3.8) is 0 Å². The van der Waals surface area contributed by atoms with Gasteiger partial charge in [0, 0.05) is 24.8 Å². The van der Waals surface area contributed by atoms with Gasteiger partial charge in [0.05, 0.1) is 17.3 Å². The number of hydrogen-bond acceptors (Lipinski definition) is 6. The Hall–Kier alpha value is -3.55. The number of amides is 2. The molecule has 5 rings (SSSR count). The van der Waals surface area contributed by atoms with Crippen LogP contribution < -0.4 is 0 Å². The molecular formula is C33H39NO7. The number of aliphatic carboxylic acids is 1. The monoisotopic (exact) mass is 561 g/mol. The second kappa shape index (κ2) is 10.4. The number of aryl methyl sites for hydroxylation is 2. The Morgan fingerprint density at radius 1 is 0.951 bits per heavy atom. The van der Waals surface area contributed by atoms with Gasteiger partial charge in [0.15, 0.2) is 11.6 Å². The first-order chi connectivity index (χ1) is 19.3. The number of hydrogen-bond donors (Lipinski definition) is 2. The number of carboxylic acids is 1. The van der Waals surface area contributed by atoms with E-state index in [1.807, 2.05) is 39.0 Å². The number of carboxylic acid groups (broad SMARTS) is 1. The Kier molecular flexibility index (Phi) is 7.33. The summed E-state index contributed by atoms with van der Waals surface area (Å²) in [4.78, 5) is 67.4.